The van der Waals surface area contributed by atoms with Gasteiger partial charge in [0.25, 0.3) is 0 Å². The molecule has 3 rings (SSSR count). The van der Waals surface area contributed by atoms with Gasteiger partial charge in [0.15, 0.2) is 23.0 Å². The van der Waals surface area contributed by atoms with Crippen molar-refractivity contribution in [2.24, 2.45) is 5.10 Å². The van der Waals surface area contributed by atoms with Crippen LogP contribution in [0.5, 0.6) is 23.0 Å². The van der Waals surface area contributed by atoms with Gasteiger partial charge in [-0.3, -0.25) is 0 Å². The fraction of sp³-hybridized carbons (Fsp3) is 0.240. The van der Waals surface area contributed by atoms with Gasteiger partial charge in [-0.05, 0) is 60.0 Å². The van der Waals surface area contributed by atoms with Gasteiger partial charge in [0.05, 0.1) is 38.6 Å². The van der Waals surface area contributed by atoms with Crippen LogP contribution < -0.4 is 24.4 Å². The lowest BCUT2D eigenvalue weighted by Crippen LogP contribution is -2.06. The normalized spacial score (nSPS) is 10.8. The fourth-order valence-electron chi connectivity index (χ4n) is 3.10. The monoisotopic (exact) mass is 488 g/mol. The fourth-order valence-corrected chi connectivity index (χ4v) is 3.58. The molecule has 0 aliphatic heterocycles. The summed E-state index contributed by atoms with van der Waals surface area (Å²) in [6.45, 7) is 3.21. The number of halogens is 2. The highest BCUT2D eigenvalue weighted by atomic mass is 35.5. The third-order valence-electron chi connectivity index (χ3n) is 4.64. The van der Waals surface area contributed by atoms with Crippen LogP contribution in [0.3, 0.4) is 0 Å². The van der Waals surface area contributed by atoms with Crippen LogP contribution in [0.4, 0.5) is 0 Å². The van der Waals surface area contributed by atoms with Crippen LogP contribution in [-0.2, 0) is 13.2 Å². The molecule has 0 radical (unpaired) electrons. The Hall–Kier alpha value is -3.09. The van der Waals surface area contributed by atoms with Gasteiger partial charge in [-0.1, -0.05) is 41.4 Å². The smallest absolute Gasteiger partial charge is 0.180 e. The Bertz CT molecular complexity index is 1110. The molecule has 0 atom stereocenters. The molecule has 0 spiro atoms. The van der Waals surface area contributed by atoms with E-state index in [1.54, 1.807) is 26.5 Å². The number of hydrogen-bond acceptors (Lipinski definition) is 6. The number of benzene rings is 3. The largest absolute Gasteiger partial charge is 0.493 e. The van der Waals surface area contributed by atoms with Crippen molar-refractivity contribution in [2.45, 2.75) is 20.1 Å². The summed E-state index contributed by atoms with van der Waals surface area (Å²) in [5, 5.41) is 5.38. The van der Waals surface area contributed by atoms with E-state index in [-0.39, 0.29) is 0 Å². The van der Waals surface area contributed by atoms with Gasteiger partial charge in [0, 0.05) is 5.02 Å². The molecule has 174 valence electrons. The van der Waals surface area contributed by atoms with Crippen LogP contribution in [0.25, 0.3) is 0 Å². The molecule has 0 saturated carbocycles. The molecule has 0 saturated heterocycles. The Morgan fingerprint density at radius 3 is 2.42 bits per heavy atom. The second kappa shape index (κ2) is 12.2. The van der Waals surface area contributed by atoms with E-state index in [0.717, 1.165) is 16.7 Å². The van der Waals surface area contributed by atoms with Gasteiger partial charge in [0.1, 0.15) is 6.61 Å². The first-order valence-corrected chi connectivity index (χ1v) is 11.1. The Balaban J connectivity index is 1.67. The maximum absolute atomic E-state index is 6.50. The molecule has 3 aromatic rings. The molecule has 0 bridgehead atoms. The van der Waals surface area contributed by atoms with Gasteiger partial charge < -0.3 is 24.4 Å². The van der Waals surface area contributed by atoms with E-state index in [1.807, 2.05) is 55.5 Å². The SMILES string of the molecule is CCOc1cc(/C=N\NCc2ccc(OC)c(OC)c2)cc(Cl)c1OCc1cccc(Cl)c1. The van der Waals surface area contributed by atoms with E-state index in [9.17, 15) is 0 Å². The number of nitrogens with zero attached hydrogens (tertiary/aromatic N) is 1. The molecule has 0 aromatic heterocycles. The summed E-state index contributed by atoms with van der Waals surface area (Å²) in [5.74, 6) is 2.38. The van der Waals surface area contributed by atoms with Crippen LogP contribution in [0, 0.1) is 0 Å². The van der Waals surface area contributed by atoms with Crippen molar-refractivity contribution < 1.29 is 18.9 Å². The minimum Gasteiger partial charge on any atom is -0.493 e. The molecule has 0 unspecified atom stereocenters. The van der Waals surface area contributed by atoms with E-state index in [0.29, 0.717) is 52.8 Å². The molecule has 33 heavy (non-hydrogen) atoms. The van der Waals surface area contributed by atoms with Gasteiger partial charge in [-0.2, -0.15) is 5.10 Å². The highest BCUT2D eigenvalue weighted by molar-refractivity contribution is 6.32. The molecular weight excluding hydrogens is 463 g/mol. The lowest BCUT2D eigenvalue weighted by Gasteiger charge is -2.14. The van der Waals surface area contributed by atoms with Crippen molar-refractivity contribution in [2.75, 3.05) is 20.8 Å². The Morgan fingerprint density at radius 2 is 1.70 bits per heavy atom. The molecule has 0 amide bonds. The Labute approximate surface area is 204 Å². The molecule has 0 aliphatic carbocycles. The zero-order valence-corrected chi connectivity index (χ0v) is 20.2. The minimum absolute atomic E-state index is 0.320. The van der Waals surface area contributed by atoms with Crippen molar-refractivity contribution >= 4 is 29.4 Å². The van der Waals surface area contributed by atoms with Crippen molar-refractivity contribution in [3.05, 3.63) is 81.3 Å². The number of methoxy groups -OCH3 is 2. The van der Waals surface area contributed by atoms with E-state index >= 15 is 0 Å². The molecule has 6 nitrogen and oxygen atoms in total. The average Bonchev–Trinajstić information content (AvgIpc) is 2.81. The van der Waals surface area contributed by atoms with Crippen molar-refractivity contribution in [3.8, 4) is 23.0 Å². The van der Waals surface area contributed by atoms with Crippen molar-refractivity contribution in [1.29, 1.82) is 0 Å². The van der Waals surface area contributed by atoms with Crippen LogP contribution in [-0.4, -0.2) is 27.0 Å². The van der Waals surface area contributed by atoms with Gasteiger partial charge >= 0.3 is 0 Å². The number of hydrazone groups is 1. The van der Waals surface area contributed by atoms with Gasteiger partial charge in [-0.25, -0.2) is 0 Å². The zero-order valence-electron chi connectivity index (χ0n) is 18.7. The molecule has 0 aliphatic rings. The first-order valence-electron chi connectivity index (χ1n) is 10.3. The van der Waals surface area contributed by atoms with E-state index < -0.39 is 0 Å². The number of rotatable bonds is 11. The molecule has 3 aromatic carbocycles. The van der Waals surface area contributed by atoms with Crippen LogP contribution in [0.2, 0.25) is 10.0 Å². The first kappa shape index (κ1) is 24.6. The van der Waals surface area contributed by atoms with Gasteiger partial charge in [0.2, 0.25) is 0 Å². The molecular formula is C25H26Cl2N2O4. The summed E-state index contributed by atoms with van der Waals surface area (Å²) >= 11 is 12.5. The summed E-state index contributed by atoms with van der Waals surface area (Å²) in [6, 6.07) is 16.8. The highest BCUT2D eigenvalue weighted by Gasteiger charge is 2.13. The number of hydrogen-bond donors (Lipinski definition) is 1. The minimum atomic E-state index is 0.320. The van der Waals surface area contributed by atoms with Crippen LogP contribution in [0.1, 0.15) is 23.6 Å². The maximum atomic E-state index is 6.50. The third-order valence-corrected chi connectivity index (χ3v) is 5.16. The van der Waals surface area contributed by atoms with Gasteiger partial charge in [-0.15, -0.1) is 0 Å². The van der Waals surface area contributed by atoms with E-state index in [1.165, 1.54) is 0 Å². The summed E-state index contributed by atoms with van der Waals surface area (Å²) < 4.78 is 22.3. The Morgan fingerprint density at radius 1 is 0.879 bits per heavy atom. The van der Waals surface area contributed by atoms with Crippen LogP contribution in [0.15, 0.2) is 59.7 Å². The average molecular weight is 489 g/mol. The highest BCUT2D eigenvalue weighted by Crippen LogP contribution is 2.37. The van der Waals surface area contributed by atoms with E-state index in [2.05, 4.69) is 10.5 Å². The second-order valence-corrected chi connectivity index (χ2v) is 7.81. The van der Waals surface area contributed by atoms with Crippen LogP contribution >= 0.6 is 23.2 Å². The predicted octanol–water partition coefficient (Wildman–Crippen LogP) is 6.11. The molecule has 0 fully saturated rings. The third kappa shape index (κ3) is 6.94. The predicted molar refractivity (Wildman–Crippen MR) is 132 cm³/mol. The quantitative estimate of drug-likeness (QED) is 0.260. The Kier molecular flexibility index (Phi) is 9.10. The maximum Gasteiger partial charge on any atom is 0.180 e. The molecule has 1 N–H and O–H groups in total. The summed E-state index contributed by atoms with van der Waals surface area (Å²) in [4.78, 5) is 0. The molecule has 0 heterocycles. The van der Waals surface area contributed by atoms with Crippen molar-refractivity contribution in [1.82, 2.24) is 5.43 Å². The summed E-state index contributed by atoms with van der Waals surface area (Å²) in [6.07, 6.45) is 1.68. The first-order chi connectivity index (χ1) is 16.0. The second-order valence-electron chi connectivity index (χ2n) is 6.96. The topological polar surface area (TPSA) is 61.3 Å². The van der Waals surface area contributed by atoms with E-state index in [4.69, 9.17) is 42.1 Å². The summed E-state index contributed by atoms with van der Waals surface area (Å²) in [7, 11) is 3.21. The number of nitrogens with one attached hydrogen (secondary N) is 1. The van der Waals surface area contributed by atoms with Crippen molar-refractivity contribution in [3.63, 3.8) is 0 Å². The standard InChI is InChI=1S/C25H26Cl2N2O4/c1-4-32-24-13-19(11-21(27)25(24)33-16-18-6-5-7-20(26)10-18)15-29-28-14-17-8-9-22(30-2)23(12-17)31-3/h5-13,15,28H,4,14,16H2,1-3H3/b29-15-. The summed E-state index contributed by atoms with van der Waals surface area (Å²) in [5.41, 5.74) is 5.74. The lowest BCUT2D eigenvalue weighted by atomic mass is 10.2. The zero-order chi connectivity index (χ0) is 23.6. The lowest BCUT2D eigenvalue weighted by molar-refractivity contribution is 0.269. The molecule has 8 heteroatoms. The number of ether oxygens (including phenoxy) is 4.